The molecule has 0 heterocycles. The lowest BCUT2D eigenvalue weighted by molar-refractivity contribution is -0.386. The number of aryl methyl sites for hydroxylation is 1. The number of nitrogens with two attached hydrogens (primary N) is 1. The van der Waals surface area contributed by atoms with E-state index in [0.29, 0.717) is 6.07 Å². The van der Waals surface area contributed by atoms with E-state index in [-0.39, 0.29) is 5.56 Å². The molecule has 0 unspecified atom stereocenters. The van der Waals surface area contributed by atoms with Gasteiger partial charge in [-0.3, -0.25) is 10.1 Å². The van der Waals surface area contributed by atoms with E-state index >= 15 is 0 Å². The number of nitro groups is 1. The Labute approximate surface area is 100 Å². The summed E-state index contributed by atoms with van der Waals surface area (Å²) in [7, 11) is -4.18. The smallest absolute Gasteiger partial charge is 0.387 e. The molecule has 1 aromatic carbocycles. The Balaban J connectivity index is 3.49. The molecule has 0 atom stereocenters. The highest BCUT2D eigenvalue weighted by Crippen LogP contribution is 2.32. The fraction of sp³-hybridized carbons (Fsp3) is 0.250. The summed E-state index contributed by atoms with van der Waals surface area (Å²) < 4.78 is 50.3. The van der Waals surface area contributed by atoms with Crippen molar-refractivity contribution < 1.29 is 26.9 Å². The first-order valence-electron chi connectivity index (χ1n) is 4.39. The van der Waals surface area contributed by atoms with E-state index in [9.17, 15) is 27.3 Å². The zero-order valence-corrected chi connectivity index (χ0v) is 9.78. The maximum absolute atomic E-state index is 12.0. The van der Waals surface area contributed by atoms with Gasteiger partial charge in [-0.25, -0.2) is 13.6 Å². The van der Waals surface area contributed by atoms with Gasteiger partial charge in [0.2, 0.25) is 15.8 Å². The van der Waals surface area contributed by atoms with Gasteiger partial charge in [-0.1, -0.05) is 0 Å². The molecule has 0 saturated heterocycles. The average molecular weight is 282 g/mol. The number of rotatable bonds is 4. The topological polar surface area (TPSA) is 113 Å². The number of nitro benzene ring substituents is 1. The van der Waals surface area contributed by atoms with E-state index in [1.165, 1.54) is 6.92 Å². The molecule has 0 aliphatic heterocycles. The molecule has 0 aromatic heterocycles. The van der Waals surface area contributed by atoms with Crippen LogP contribution < -0.4 is 9.88 Å². The van der Waals surface area contributed by atoms with E-state index < -0.39 is 37.9 Å². The van der Waals surface area contributed by atoms with Gasteiger partial charge in [0.25, 0.3) is 0 Å². The molecule has 0 bridgehead atoms. The second kappa shape index (κ2) is 4.82. The van der Waals surface area contributed by atoms with Gasteiger partial charge in [-0.2, -0.15) is 8.78 Å². The second-order valence-corrected chi connectivity index (χ2v) is 4.80. The molecular weight excluding hydrogens is 274 g/mol. The summed E-state index contributed by atoms with van der Waals surface area (Å²) >= 11 is 0. The molecule has 0 aliphatic rings. The Morgan fingerprint density at radius 2 is 2.00 bits per heavy atom. The zero-order valence-electron chi connectivity index (χ0n) is 8.96. The van der Waals surface area contributed by atoms with E-state index in [4.69, 9.17) is 5.14 Å². The molecule has 1 aromatic rings. The SMILES string of the molecule is Cc1cc(OC(F)F)c([N+](=O)[O-])cc1S(N)(=O)=O. The third kappa shape index (κ3) is 3.11. The van der Waals surface area contributed by atoms with Crippen molar-refractivity contribution in [1.82, 2.24) is 0 Å². The summed E-state index contributed by atoms with van der Waals surface area (Å²) in [6.07, 6.45) is 0. The maximum Gasteiger partial charge on any atom is 0.387 e. The van der Waals surface area contributed by atoms with Crippen molar-refractivity contribution in [3.8, 4) is 5.75 Å². The van der Waals surface area contributed by atoms with Crippen LogP contribution in [0.4, 0.5) is 14.5 Å². The largest absolute Gasteiger partial charge is 0.427 e. The second-order valence-electron chi connectivity index (χ2n) is 3.27. The molecule has 0 saturated carbocycles. The summed E-state index contributed by atoms with van der Waals surface area (Å²) in [5.41, 5.74) is -0.927. The van der Waals surface area contributed by atoms with Gasteiger partial charge >= 0.3 is 12.3 Å². The van der Waals surface area contributed by atoms with Crippen molar-refractivity contribution in [2.45, 2.75) is 18.4 Å². The number of alkyl halides is 2. The predicted molar refractivity (Wildman–Crippen MR) is 55.8 cm³/mol. The lowest BCUT2D eigenvalue weighted by atomic mass is 10.2. The Morgan fingerprint density at radius 1 is 1.44 bits per heavy atom. The minimum Gasteiger partial charge on any atom is -0.427 e. The lowest BCUT2D eigenvalue weighted by Gasteiger charge is -2.09. The van der Waals surface area contributed by atoms with Crippen LogP contribution in [0.1, 0.15) is 5.56 Å². The van der Waals surface area contributed by atoms with Crippen molar-refractivity contribution in [1.29, 1.82) is 0 Å². The molecule has 10 heteroatoms. The summed E-state index contributed by atoms with van der Waals surface area (Å²) in [5.74, 6) is -0.722. The van der Waals surface area contributed by atoms with Crippen LogP contribution in [-0.2, 0) is 10.0 Å². The van der Waals surface area contributed by atoms with Crippen LogP contribution in [0.3, 0.4) is 0 Å². The van der Waals surface area contributed by atoms with Gasteiger partial charge in [0.15, 0.2) is 0 Å². The Kier molecular flexibility index (Phi) is 3.82. The molecule has 0 fully saturated rings. The molecule has 7 nitrogen and oxygen atoms in total. The van der Waals surface area contributed by atoms with Gasteiger partial charge in [0, 0.05) is 6.07 Å². The van der Waals surface area contributed by atoms with Crippen LogP contribution in [0, 0.1) is 17.0 Å². The standard InChI is InChI=1S/C8H8F2N2O5S/c1-4-2-6(17-8(9)10)5(12(13)14)3-7(4)18(11,15)16/h2-3,8H,1H3,(H2,11,15,16). The first kappa shape index (κ1) is 14.3. The first-order valence-corrected chi connectivity index (χ1v) is 5.94. The summed E-state index contributed by atoms with van der Waals surface area (Å²) in [4.78, 5) is 9.09. The number of halogens is 2. The van der Waals surface area contributed by atoms with Gasteiger partial charge in [-0.15, -0.1) is 0 Å². The fourth-order valence-electron chi connectivity index (χ4n) is 1.29. The molecule has 1 rings (SSSR count). The molecular formula is C8H8F2N2O5S. The van der Waals surface area contributed by atoms with Crippen LogP contribution in [0.5, 0.6) is 5.75 Å². The molecule has 0 radical (unpaired) electrons. The van der Waals surface area contributed by atoms with Crippen LogP contribution in [0.2, 0.25) is 0 Å². The van der Waals surface area contributed by atoms with Crippen molar-refractivity contribution >= 4 is 15.7 Å². The van der Waals surface area contributed by atoms with Crippen molar-refractivity contribution in [3.63, 3.8) is 0 Å². The van der Waals surface area contributed by atoms with Crippen LogP contribution in [0.15, 0.2) is 17.0 Å². The number of hydrogen-bond donors (Lipinski definition) is 1. The minimum absolute atomic E-state index is 0.0289. The number of primary sulfonamides is 1. The monoisotopic (exact) mass is 282 g/mol. The van der Waals surface area contributed by atoms with Crippen molar-refractivity contribution in [2.24, 2.45) is 5.14 Å². The summed E-state index contributed by atoms with van der Waals surface area (Å²) in [5, 5.41) is 15.5. The molecule has 2 N–H and O–H groups in total. The van der Waals surface area contributed by atoms with E-state index in [1.54, 1.807) is 0 Å². The van der Waals surface area contributed by atoms with Gasteiger partial charge in [0.1, 0.15) is 0 Å². The first-order chi connectivity index (χ1) is 8.12. The normalized spacial score (nSPS) is 11.6. The van der Waals surface area contributed by atoms with Crippen LogP contribution >= 0.6 is 0 Å². The number of hydrogen-bond acceptors (Lipinski definition) is 5. The molecule has 0 aliphatic carbocycles. The molecule has 18 heavy (non-hydrogen) atoms. The Bertz CT molecular complexity index is 587. The van der Waals surface area contributed by atoms with Crippen molar-refractivity contribution in [3.05, 3.63) is 27.8 Å². The van der Waals surface area contributed by atoms with E-state index in [0.717, 1.165) is 6.07 Å². The van der Waals surface area contributed by atoms with Crippen LogP contribution in [0.25, 0.3) is 0 Å². The average Bonchev–Trinajstić information content (AvgIpc) is 2.13. The number of benzene rings is 1. The lowest BCUT2D eigenvalue weighted by Crippen LogP contribution is -2.15. The van der Waals surface area contributed by atoms with Gasteiger partial charge in [-0.05, 0) is 18.6 Å². The highest BCUT2D eigenvalue weighted by molar-refractivity contribution is 7.89. The van der Waals surface area contributed by atoms with Gasteiger partial charge in [0.05, 0.1) is 9.82 Å². The van der Waals surface area contributed by atoms with Gasteiger partial charge < -0.3 is 4.74 Å². The highest BCUT2D eigenvalue weighted by Gasteiger charge is 2.24. The quantitative estimate of drug-likeness (QED) is 0.657. The highest BCUT2D eigenvalue weighted by atomic mass is 32.2. The maximum atomic E-state index is 12.0. The Hall–Kier alpha value is -1.81. The number of nitrogens with zero attached hydrogens (tertiary/aromatic N) is 1. The molecule has 0 spiro atoms. The summed E-state index contributed by atoms with van der Waals surface area (Å²) in [6.45, 7) is -2.01. The fourth-order valence-corrected chi connectivity index (χ4v) is 2.07. The molecule has 0 amide bonds. The Morgan fingerprint density at radius 3 is 2.39 bits per heavy atom. The van der Waals surface area contributed by atoms with Crippen LogP contribution in [-0.4, -0.2) is 20.0 Å². The summed E-state index contributed by atoms with van der Waals surface area (Å²) in [6, 6.07) is 1.41. The van der Waals surface area contributed by atoms with Crippen molar-refractivity contribution in [2.75, 3.05) is 0 Å². The zero-order chi connectivity index (χ0) is 14.1. The predicted octanol–water partition coefficient (Wildman–Crippen LogP) is 1.15. The van der Waals surface area contributed by atoms with E-state index in [2.05, 4.69) is 4.74 Å². The minimum atomic E-state index is -4.18. The third-order valence-corrected chi connectivity index (χ3v) is 3.03. The van der Waals surface area contributed by atoms with E-state index in [1.807, 2.05) is 0 Å². The molecule has 100 valence electrons. The number of ether oxygens (including phenoxy) is 1. The third-order valence-electron chi connectivity index (χ3n) is 1.98. The number of sulfonamides is 1.